The van der Waals surface area contributed by atoms with Gasteiger partial charge in [-0.3, -0.25) is 0 Å². The number of aryl methyl sites for hydroxylation is 1. The molecule has 1 aromatic carbocycles. The van der Waals surface area contributed by atoms with Crippen molar-refractivity contribution in [1.29, 1.82) is 0 Å². The summed E-state index contributed by atoms with van der Waals surface area (Å²) in [4.78, 5) is 11.4. The van der Waals surface area contributed by atoms with Gasteiger partial charge in [-0.15, -0.1) is 0 Å². The van der Waals surface area contributed by atoms with Gasteiger partial charge in [-0.25, -0.2) is 13.1 Å². The lowest BCUT2D eigenvalue weighted by Gasteiger charge is -2.21. The molecular weight excluding hydrogens is 302 g/mol. The van der Waals surface area contributed by atoms with E-state index in [4.69, 9.17) is 4.74 Å². The molecule has 0 radical (unpaired) electrons. The van der Waals surface area contributed by atoms with E-state index in [1.165, 1.54) is 0 Å². The van der Waals surface area contributed by atoms with Gasteiger partial charge in [0.05, 0.1) is 18.0 Å². The first-order chi connectivity index (χ1) is 10.2. The van der Waals surface area contributed by atoms with E-state index in [1.807, 2.05) is 20.8 Å². The number of hydrogen-bond acceptors (Lipinski definition) is 4. The predicted octanol–water partition coefficient (Wildman–Crippen LogP) is 2.51. The summed E-state index contributed by atoms with van der Waals surface area (Å²) in [6.45, 7) is 9.06. The topological polar surface area (TPSA) is 72.5 Å². The molecule has 0 unspecified atom stereocenters. The van der Waals surface area contributed by atoms with Crippen LogP contribution in [-0.4, -0.2) is 27.9 Å². The summed E-state index contributed by atoms with van der Waals surface area (Å²) in [5.74, 6) is 0.593. The third kappa shape index (κ3) is 3.67. The van der Waals surface area contributed by atoms with Crippen molar-refractivity contribution in [1.82, 2.24) is 4.72 Å². The third-order valence-corrected chi connectivity index (χ3v) is 5.91. The first kappa shape index (κ1) is 18.6. The highest BCUT2D eigenvalue weighted by Crippen LogP contribution is 2.30. The molecule has 1 aromatic rings. The maximum atomic E-state index is 12.7. The predicted molar refractivity (Wildman–Crippen MR) is 86.8 cm³/mol. The Bertz CT molecular complexity index is 653. The molecule has 5 nitrogen and oxygen atoms in total. The molecule has 1 rings (SSSR count). The zero-order chi connectivity index (χ0) is 17.1. The lowest BCUT2D eigenvalue weighted by molar-refractivity contribution is -0.110. The van der Waals surface area contributed by atoms with Crippen LogP contribution in [0.3, 0.4) is 0 Å². The average molecular weight is 327 g/mol. The van der Waals surface area contributed by atoms with E-state index < -0.39 is 16.1 Å². The van der Waals surface area contributed by atoms with Gasteiger partial charge in [-0.2, -0.15) is 0 Å². The molecule has 124 valence electrons. The van der Waals surface area contributed by atoms with E-state index in [9.17, 15) is 13.2 Å². The van der Waals surface area contributed by atoms with Gasteiger partial charge in [-0.1, -0.05) is 20.3 Å². The molecule has 2 atom stereocenters. The minimum absolute atomic E-state index is 0.0627. The smallest absolute Gasteiger partial charge is 0.241 e. The number of carbonyl (C=O) groups is 1. The monoisotopic (exact) mass is 327 g/mol. The van der Waals surface area contributed by atoms with Gasteiger partial charge >= 0.3 is 0 Å². The second kappa shape index (κ2) is 7.24. The molecule has 0 fully saturated rings. The Balaban J connectivity index is 3.35. The normalized spacial score (nSPS) is 14.5. The Hall–Kier alpha value is -1.40. The zero-order valence-electron chi connectivity index (χ0n) is 14.1. The average Bonchev–Trinajstić information content (AvgIpc) is 2.47. The maximum absolute atomic E-state index is 12.7. The van der Waals surface area contributed by atoms with E-state index in [0.29, 0.717) is 29.6 Å². The van der Waals surface area contributed by atoms with Gasteiger partial charge in [0.15, 0.2) is 0 Å². The first-order valence-corrected chi connectivity index (χ1v) is 8.80. The van der Waals surface area contributed by atoms with Crippen molar-refractivity contribution in [3.63, 3.8) is 0 Å². The number of aldehydes is 1. The number of benzene rings is 1. The van der Waals surface area contributed by atoms with Crippen LogP contribution >= 0.6 is 0 Å². The molecule has 0 aliphatic carbocycles. The number of rotatable bonds is 7. The fraction of sp³-hybridized carbons (Fsp3) is 0.562. The molecule has 0 bridgehead atoms. The molecule has 6 heteroatoms. The highest BCUT2D eigenvalue weighted by Gasteiger charge is 2.27. The molecule has 0 saturated carbocycles. The molecule has 0 aliphatic heterocycles. The van der Waals surface area contributed by atoms with Crippen LogP contribution in [0.15, 0.2) is 11.0 Å². The molecule has 0 aromatic heterocycles. The molecule has 0 spiro atoms. The Morgan fingerprint density at radius 3 is 2.32 bits per heavy atom. The van der Waals surface area contributed by atoms with Crippen molar-refractivity contribution < 1.29 is 17.9 Å². The summed E-state index contributed by atoms with van der Waals surface area (Å²) in [5.41, 5.74) is 2.01. The van der Waals surface area contributed by atoms with Crippen LogP contribution in [0.4, 0.5) is 0 Å². The van der Waals surface area contributed by atoms with E-state index >= 15 is 0 Å². The highest BCUT2D eigenvalue weighted by atomic mass is 32.2. The second-order valence-electron chi connectivity index (χ2n) is 5.64. The van der Waals surface area contributed by atoms with Gasteiger partial charge < -0.3 is 9.53 Å². The van der Waals surface area contributed by atoms with E-state index in [2.05, 4.69) is 4.72 Å². The van der Waals surface area contributed by atoms with Gasteiger partial charge in [0.1, 0.15) is 12.0 Å². The molecule has 0 amide bonds. The van der Waals surface area contributed by atoms with Gasteiger partial charge in [-0.05, 0) is 49.4 Å². The number of hydrogen-bond donors (Lipinski definition) is 1. The fourth-order valence-corrected chi connectivity index (χ4v) is 4.22. The molecule has 22 heavy (non-hydrogen) atoms. The molecule has 0 heterocycles. The molecule has 1 N–H and O–H groups in total. The van der Waals surface area contributed by atoms with Crippen LogP contribution in [0.25, 0.3) is 0 Å². The standard InChI is InChI=1S/C16H25NO4S/c1-7-10(2)14(9-18)17-22(19,20)16-11(3)8-15(21-6)12(4)13(16)5/h8-10,14,17H,7H2,1-6H3/t10-,14+/m0/s1. The summed E-state index contributed by atoms with van der Waals surface area (Å²) in [6, 6.07) is 0.979. The molecular formula is C16H25NO4S. The molecule has 0 saturated heterocycles. The largest absolute Gasteiger partial charge is 0.496 e. The van der Waals surface area contributed by atoms with Crippen LogP contribution in [0.2, 0.25) is 0 Å². The fourth-order valence-electron chi connectivity index (χ4n) is 2.42. The van der Waals surface area contributed by atoms with Crippen molar-refractivity contribution in [3.05, 3.63) is 22.8 Å². The maximum Gasteiger partial charge on any atom is 0.241 e. The van der Waals surface area contributed by atoms with Crippen molar-refractivity contribution >= 4 is 16.3 Å². The van der Waals surface area contributed by atoms with E-state index in [1.54, 1.807) is 27.0 Å². The molecule has 0 aliphatic rings. The van der Waals surface area contributed by atoms with Crippen LogP contribution in [0, 0.1) is 26.7 Å². The van der Waals surface area contributed by atoms with E-state index in [0.717, 1.165) is 5.56 Å². The lowest BCUT2D eigenvalue weighted by Crippen LogP contribution is -2.40. The van der Waals surface area contributed by atoms with Crippen LogP contribution in [-0.2, 0) is 14.8 Å². The van der Waals surface area contributed by atoms with E-state index in [-0.39, 0.29) is 10.8 Å². The number of ether oxygens (including phenoxy) is 1. The van der Waals surface area contributed by atoms with Gasteiger partial charge in [0.2, 0.25) is 10.0 Å². The lowest BCUT2D eigenvalue weighted by atomic mass is 10.0. The van der Waals surface area contributed by atoms with Crippen molar-refractivity contribution in [2.75, 3.05) is 7.11 Å². The van der Waals surface area contributed by atoms with Crippen LogP contribution in [0.1, 0.15) is 37.0 Å². The number of carbonyl (C=O) groups excluding carboxylic acids is 1. The summed E-state index contributed by atoms with van der Waals surface area (Å²) in [5, 5.41) is 0. The highest BCUT2D eigenvalue weighted by molar-refractivity contribution is 7.89. The summed E-state index contributed by atoms with van der Waals surface area (Å²) in [7, 11) is -2.22. The SMILES string of the molecule is CC[C@H](C)[C@@H](C=O)NS(=O)(=O)c1c(C)cc(OC)c(C)c1C. The van der Waals surface area contributed by atoms with Crippen molar-refractivity contribution in [3.8, 4) is 5.75 Å². The zero-order valence-corrected chi connectivity index (χ0v) is 14.9. The van der Waals surface area contributed by atoms with Crippen LogP contribution in [0.5, 0.6) is 5.75 Å². The Morgan fingerprint density at radius 1 is 1.27 bits per heavy atom. The summed E-state index contributed by atoms with van der Waals surface area (Å²) >= 11 is 0. The summed E-state index contributed by atoms with van der Waals surface area (Å²) in [6.07, 6.45) is 1.37. The Kier molecular flexibility index (Phi) is 6.14. The Labute approximate surface area is 133 Å². The number of sulfonamides is 1. The minimum atomic E-state index is -3.77. The van der Waals surface area contributed by atoms with Crippen molar-refractivity contribution in [2.24, 2.45) is 5.92 Å². The second-order valence-corrected chi connectivity index (χ2v) is 7.29. The van der Waals surface area contributed by atoms with Crippen LogP contribution < -0.4 is 9.46 Å². The quantitative estimate of drug-likeness (QED) is 0.781. The third-order valence-electron chi connectivity index (χ3n) is 4.16. The Morgan fingerprint density at radius 2 is 1.86 bits per heavy atom. The first-order valence-electron chi connectivity index (χ1n) is 7.32. The number of nitrogens with one attached hydrogen (secondary N) is 1. The minimum Gasteiger partial charge on any atom is -0.496 e. The van der Waals surface area contributed by atoms with Crippen molar-refractivity contribution in [2.45, 2.75) is 52.0 Å². The number of methoxy groups -OCH3 is 1. The summed E-state index contributed by atoms with van der Waals surface area (Å²) < 4.78 is 33.2. The van der Waals surface area contributed by atoms with Gasteiger partial charge in [0, 0.05) is 0 Å². The van der Waals surface area contributed by atoms with Gasteiger partial charge in [0.25, 0.3) is 0 Å².